The second-order valence-electron chi connectivity index (χ2n) is 6.74. The Kier molecular flexibility index (Phi) is 5.87. The highest BCUT2D eigenvalue weighted by Gasteiger charge is 2.20. The molecule has 4 aromatic carbocycles. The number of methoxy groups -OCH3 is 1. The Bertz CT molecular complexity index is 1250. The topological polar surface area (TPSA) is 64.6 Å². The van der Waals surface area contributed by atoms with Gasteiger partial charge in [0.05, 0.1) is 18.2 Å². The molecule has 0 aliphatic rings. The van der Waals surface area contributed by atoms with E-state index in [9.17, 15) is 9.59 Å². The van der Waals surface area contributed by atoms with E-state index in [2.05, 4.69) is 5.32 Å². The molecule has 0 saturated carbocycles. The van der Waals surface area contributed by atoms with Crippen LogP contribution in [0.4, 0.5) is 5.69 Å². The molecule has 154 valence electrons. The fourth-order valence-corrected chi connectivity index (χ4v) is 3.31. The Balaban J connectivity index is 1.70. The van der Waals surface area contributed by atoms with Gasteiger partial charge < -0.3 is 14.8 Å². The Labute approximate surface area is 184 Å². The predicted molar refractivity (Wildman–Crippen MR) is 121 cm³/mol. The number of carbonyl (C=O) groups excluding carboxylic acids is 2. The number of hydrogen-bond donors (Lipinski definition) is 1. The van der Waals surface area contributed by atoms with Crippen LogP contribution in [0.3, 0.4) is 0 Å². The van der Waals surface area contributed by atoms with Crippen LogP contribution in [-0.4, -0.2) is 19.0 Å². The molecule has 0 bridgehead atoms. The minimum Gasteiger partial charge on any atom is -0.497 e. The number of fused-ring (bicyclic) bond motifs is 1. The summed E-state index contributed by atoms with van der Waals surface area (Å²) in [6, 6.07) is 24.2. The first kappa shape index (κ1) is 20.4. The third-order valence-corrected chi connectivity index (χ3v) is 5.00. The molecule has 4 aromatic rings. The van der Waals surface area contributed by atoms with E-state index >= 15 is 0 Å². The quantitative estimate of drug-likeness (QED) is 0.312. The molecule has 6 heteroatoms. The molecule has 0 fully saturated rings. The number of nitrogens with one attached hydrogen (secondary N) is 1. The number of anilines is 1. The summed E-state index contributed by atoms with van der Waals surface area (Å²) in [5.41, 5.74) is 1.20. The zero-order chi connectivity index (χ0) is 21.8. The van der Waals surface area contributed by atoms with Crippen LogP contribution in [0, 0.1) is 0 Å². The van der Waals surface area contributed by atoms with Crippen LogP contribution in [0.25, 0.3) is 10.8 Å². The second-order valence-corrected chi connectivity index (χ2v) is 7.18. The number of benzene rings is 4. The number of carbonyl (C=O) groups is 2. The van der Waals surface area contributed by atoms with E-state index in [-0.39, 0.29) is 11.3 Å². The van der Waals surface area contributed by atoms with E-state index in [1.54, 1.807) is 61.7 Å². The summed E-state index contributed by atoms with van der Waals surface area (Å²) in [6.07, 6.45) is 0. The lowest BCUT2D eigenvalue weighted by Gasteiger charge is -2.14. The summed E-state index contributed by atoms with van der Waals surface area (Å²) < 4.78 is 10.7. The van der Waals surface area contributed by atoms with E-state index in [0.717, 1.165) is 5.39 Å². The lowest BCUT2D eigenvalue weighted by atomic mass is 10.0. The first-order chi connectivity index (χ1) is 15.0. The second kappa shape index (κ2) is 8.90. The van der Waals surface area contributed by atoms with Gasteiger partial charge in [-0.05, 0) is 65.4 Å². The van der Waals surface area contributed by atoms with Crippen molar-refractivity contribution >= 4 is 39.9 Å². The van der Waals surface area contributed by atoms with Crippen molar-refractivity contribution in [3.63, 3.8) is 0 Å². The number of amides is 1. The van der Waals surface area contributed by atoms with Crippen molar-refractivity contribution in [1.29, 1.82) is 0 Å². The molecule has 0 atom stereocenters. The van der Waals surface area contributed by atoms with Gasteiger partial charge in [0.25, 0.3) is 5.91 Å². The van der Waals surface area contributed by atoms with Crippen molar-refractivity contribution in [3.05, 3.63) is 101 Å². The number of rotatable bonds is 5. The molecular formula is C25H18ClNO4. The number of esters is 1. The van der Waals surface area contributed by atoms with Crippen molar-refractivity contribution < 1.29 is 19.1 Å². The van der Waals surface area contributed by atoms with Gasteiger partial charge in [0.1, 0.15) is 11.5 Å². The molecule has 0 aliphatic carbocycles. The number of hydrogen-bond acceptors (Lipinski definition) is 4. The molecule has 0 radical (unpaired) electrons. The van der Waals surface area contributed by atoms with Gasteiger partial charge in [-0.1, -0.05) is 41.9 Å². The smallest absolute Gasteiger partial charge is 0.343 e. The third-order valence-electron chi connectivity index (χ3n) is 4.75. The molecule has 0 heterocycles. The van der Waals surface area contributed by atoms with Crippen LogP contribution in [-0.2, 0) is 0 Å². The van der Waals surface area contributed by atoms with E-state index in [4.69, 9.17) is 21.1 Å². The molecular weight excluding hydrogens is 414 g/mol. The predicted octanol–water partition coefficient (Wildman–Crippen LogP) is 5.97. The van der Waals surface area contributed by atoms with E-state index in [1.165, 1.54) is 0 Å². The highest BCUT2D eigenvalue weighted by atomic mass is 35.5. The minimum atomic E-state index is -0.571. The van der Waals surface area contributed by atoms with Crippen LogP contribution >= 0.6 is 11.6 Å². The first-order valence-electron chi connectivity index (χ1n) is 9.50. The van der Waals surface area contributed by atoms with Crippen LogP contribution in [0.1, 0.15) is 20.7 Å². The molecule has 31 heavy (non-hydrogen) atoms. The Morgan fingerprint density at radius 3 is 2.26 bits per heavy atom. The van der Waals surface area contributed by atoms with Gasteiger partial charge in [-0.15, -0.1) is 0 Å². The van der Waals surface area contributed by atoms with Gasteiger partial charge in [-0.2, -0.15) is 0 Å². The van der Waals surface area contributed by atoms with Gasteiger partial charge in [0, 0.05) is 10.7 Å². The zero-order valence-corrected chi connectivity index (χ0v) is 17.3. The van der Waals surface area contributed by atoms with Crippen LogP contribution in [0.15, 0.2) is 84.9 Å². The van der Waals surface area contributed by atoms with Gasteiger partial charge in [0.2, 0.25) is 0 Å². The Morgan fingerprint density at radius 2 is 1.55 bits per heavy atom. The van der Waals surface area contributed by atoms with Crippen molar-refractivity contribution in [2.45, 2.75) is 0 Å². The standard InChI is InChI=1S/C25H18ClNO4/c1-30-20-13-6-17(7-14-20)25(29)31-22-15-8-16-4-2-3-5-21(16)23(22)24(28)27-19-11-9-18(26)10-12-19/h2-15H,1H3,(H,27,28). The van der Waals surface area contributed by atoms with E-state index in [0.29, 0.717) is 27.4 Å². The van der Waals surface area contributed by atoms with Gasteiger partial charge in [0.15, 0.2) is 0 Å². The Hall–Kier alpha value is -3.83. The van der Waals surface area contributed by atoms with E-state index in [1.807, 2.05) is 30.3 Å². The first-order valence-corrected chi connectivity index (χ1v) is 9.88. The van der Waals surface area contributed by atoms with Crippen LogP contribution < -0.4 is 14.8 Å². The number of halogens is 1. The summed E-state index contributed by atoms with van der Waals surface area (Å²) in [4.78, 5) is 25.9. The maximum Gasteiger partial charge on any atom is 0.343 e. The fraction of sp³-hybridized carbons (Fsp3) is 0.0400. The third kappa shape index (κ3) is 4.52. The molecule has 4 rings (SSSR count). The summed E-state index contributed by atoms with van der Waals surface area (Å²) in [5, 5.41) is 4.94. The minimum absolute atomic E-state index is 0.172. The van der Waals surface area contributed by atoms with Crippen molar-refractivity contribution in [3.8, 4) is 11.5 Å². The van der Waals surface area contributed by atoms with Crippen LogP contribution in [0.2, 0.25) is 5.02 Å². The van der Waals surface area contributed by atoms with Gasteiger partial charge in [-0.3, -0.25) is 4.79 Å². The van der Waals surface area contributed by atoms with Gasteiger partial charge in [-0.25, -0.2) is 4.79 Å². The molecule has 0 saturated heterocycles. The number of ether oxygens (including phenoxy) is 2. The lowest BCUT2D eigenvalue weighted by Crippen LogP contribution is -2.16. The molecule has 0 unspecified atom stereocenters. The highest BCUT2D eigenvalue weighted by molar-refractivity contribution is 6.30. The summed E-state index contributed by atoms with van der Waals surface area (Å²) in [7, 11) is 1.55. The average molecular weight is 432 g/mol. The normalized spacial score (nSPS) is 10.5. The maximum absolute atomic E-state index is 13.2. The molecule has 0 spiro atoms. The summed E-state index contributed by atoms with van der Waals surface area (Å²) in [6.45, 7) is 0. The van der Waals surface area contributed by atoms with Crippen LogP contribution in [0.5, 0.6) is 11.5 Å². The molecule has 1 N–H and O–H groups in total. The highest BCUT2D eigenvalue weighted by Crippen LogP contribution is 2.30. The lowest BCUT2D eigenvalue weighted by molar-refractivity contribution is 0.0733. The molecule has 0 aliphatic heterocycles. The zero-order valence-electron chi connectivity index (χ0n) is 16.6. The fourth-order valence-electron chi connectivity index (χ4n) is 3.18. The largest absolute Gasteiger partial charge is 0.497 e. The SMILES string of the molecule is COc1ccc(C(=O)Oc2ccc3ccccc3c2C(=O)Nc2ccc(Cl)cc2)cc1. The Morgan fingerprint density at radius 1 is 0.839 bits per heavy atom. The van der Waals surface area contributed by atoms with Gasteiger partial charge >= 0.3 is 5.97 Å². The molecule has 1 amide bonds. The molecule has 0 aromatic heterocycles. The van der Waals surface area contributed by atoms with E-state index < -0.39 is 11.9 Å². The van der Waals surface area contributed by atoms with Crippen molar-refractivity contribution in [2.24, 2.45) is 0 Å². The average Bonchev–Trinajstić information content (AvgIpc) is 2.80. The molecule has 5 nitrogen and oxygen atoms in total. The monoisotopic (exact) mass is 431 g/mol. The van der Waals surface area contributed by atoms with Crippen molar-refractivity contribution in [2.75, 3.05) is 12.4 Å². The van der Waals surface area contributed by atoms with Crippen molar-refractivity contribution in [1.82, 2.24) is 0 Å². The maximum atomic E-state index is 13.2. The summed E-state index contributed by atoms with van der Waals surface area (Å²) >= 11 is 5.93. The summed E-state index contributed by atoms with van der Waals surface area (Å²) in [5.74, 6) is -0.161.